The molecule has 78 valence electrons. The molecule has 0 amide bonds. The molecule has 0 N–H and O–H groups in total. The molecule has 0 aliphatic carbocycles. The predicted molar refractivity (Wildman–Crippen MR) is 64.3 cm³/mol. The minimum atomic E-state index is 0.247. The Hall–Kier alpha value is 0.0700. The first kappa shape index (κ1) is 12.1. The van der Waals surface area contributed by atoms with Crippen molar-refractivity contribution in [3.8, 4) is 0 Å². The molecule has 0 aromatic carbocycles. The maximum atomic E-state index is 5.53. The third-order valence-electron chi connectivity index (χ3n) is 1.80. The standard InChI is InChI=1S/C10H13Br2NO/c1-6(2)14-5-8-4-9(11)10(12)13-7(8)3/h4,6H,5H2,1-3H3. The monoisotopic (exact) mass is 321 g/mol. The van der Waals surface area contributed by atoms with Gasteiger partial charge in [-0.05, 0) is 58.7 Å². The summed E-state index contributed by atoms with van der Waals surface area (Å²) in [7, 11) is 0. The normalized spacial score (nSPS) is 11.0. The van der Waals surface area contributed by atoms with Crippen LogP contribution in [0, 0.1) is 6.92 Å². The van der Waals surface area contributed by atoms with Crippen molar-refractivity contribution in [2.24, 2.45) is 0 Å². The van der Waals surface area contributed by atoms with Gasteiger partial charge in [-0.15, -0.1) is 0 Å². The van der Waals surface area contributed by atoms with Crippen molar-refractivity contribution in [3.63, 3.8) is 0 Å². The van der Waals surface area contributed by atoms with Gasteiger partial charge in [0, 0.05) is 11.3 Å². The second kappa shape index (κ2) is 5.24. The lowest BCUT2D eigenvalue weighted by atomic mass is 10.2. The average Bonchev–Trinajstić information content (AvgIpc) is 2.09. The first-order valence-corrected chi connectivity index (χ1v) is 6.02. The van der Waals surface area contributed by atoms with Crippen LogP contribution in [0.25, 0.3) is 0 Å². The van der Waals surface area contributed by atoms with Gasteiger partial charge in [0.25, 0.3) is 0 Å². The average molecular weight is 323 g/mol. The second-order valence-corrected chi connectivity index (χ2v) is 4.97. The third-order valence-corrected chi connectivity index (χ3v) is 3.54. The molecule has 0 saturated carbocycles. The molecular formula is C10H13Br2NO. The Morgan fingerprint density at radius 3 is 2.64 bits per heavy atom. The first-order chi connectivity index (χ1) is 6.50. The summed E-state index contributed by atoms with van der Waals surface area (Å²) in [6, 6.07) is 2.04. The van der Waals surface area contributed by atoms with Crippen LogP contribution in [-0.2, 0) is 11.3 Å². The highest BCUT2D eigenvalue weighted by molar-refractivity contribution is 9.13. The van der Waals surface area contributed by atoms with Gasteiger partial charge in [0.05, 0.1) is 17.2 Å². The number of pyridine rings is 1. The number of hydrogen-bond acceptors (Lipinski definition) is 2. The Morgan fingerprint density at radius 1 is 1.43 bits per heavy atom. The van der Waals surface area contributed by atoms with Gasteiger partial charge in [0.2, 0.25) is 0 Å². The topological polar surface area (TPSA) is 22.1 Å². The highest BCUT2D eigenvalue weighted by Gasteiger charge is 2.06. The minimum Gasteiger partial charge on any atom is -0.374 e. The molecule has 0 radical (unpaired) electrons. The summed E-state index contributed by atoms with van der Waals surface area (Å²) >= 11 is 6.78. The van der Waals surface area contributed by atoms with Crippen molar-refractivity contribution in [2.45, 2.75) is 33.5 Å². The number of aryl methyl sites for hydroxylation is 1. The molecule has 1 rings (SSSR count). The summed E-state index contributed by atoms with van der Waals surface area (Å²) in [6.07, 6.45) is 0.247. The number of hydrogen-bond donors (Lipinski definition) is 0. The van der Waals surface area contributed by atoms with E-state index in [1.165, 1.54) is 0 Å². The molecule has 1 heterocycles. The van der Waals surface area contributed by atoms with Crippen molar-refractivity contribution < 1.29 is 4.74 Å². The van der Waals surface area contributed by atoms with Gasteiger partial charge < -0.3 is 4.74 Å². The molecule has 4 heteroatoms. The highest BCUT2D eigenvalue weighted by atomic mass is 79.9. The van der Waals surface area contributed by atoms with Gasteiger partial charge in [-0.1, -0.05) is 0 Å². The summed E-state index contributed by atoms with van der Waals surface area (Å²) in [6.45, 7) is 6.64. The van der Waals surface area contributed by atoms with Crippen LogP contribution in [0.4, 0.5) is 0 Å². The highest BCUT2D eigenvalue weighted by Crippen LogP contribution is 2.23. The van der Waals surface area contributed by atoms with Crippen LogP contribution >= 0.6 is 31.9 Å². The molecule has 0 bridgehead atoms. The van der Waals surface area contributed by atoms with E-state index in [4.69, 9.17) is 4.74 Å². The van der Waals surface area contributed by atoms with Gasteiger partial charge in [-0.3, -0.25) is 0 Å². The maximum absolute atomic E-state index is 5.53. The Labute approximate surface area is 101 Å². The molecule has 0 fully saturated rings. The van der Waals surface area contributed by atoms with E-state index in [-0.39, 0.29) is 6.10 Å². The van der Waals surface area contributed by atoms with Crippen LogP contribution in [0.1, 0.15) is 25.1 Å². The fourth-order valence-electron chi connectivity index (χ4n) is 0.992. The number of halogens is 2. The maximum Gasteiger partial charge on any atom is 0.120 e. The van der Waals surface area contributed by atoms with E-state index in [1.807, 2.05) is 26.8 Å². The van der Waals surface area contributed by atoms with Crippen LogP contribution in [0.3, 0.4) is 0 Å². The van der Waals surface area contributed by atoms with E-state index in [1.54, 1.807) is 0 Å². The van der Waals surface area contributed by atoms with Crippen molar-refractivity contribution in [2.75, 3.05) is 0 Å². The molecule has 14 heavy (non-hydrogen) atoms. The Bertz CT molecular complexity index is 326. The minimum absolute atomic E-state index is 0.247. The van der Waals surface area contributed by atoms with Crippen molar-refractivity contribution >= 4 is 31.9 Å². The molecule has 0 saturated heterocycles. The van der Waals surface area contributed by atoms with Crippen LogP contribution < -0.4 is 0 Å². The molecule has 1 aromatic heterocycles. The fraction of sp³-hybridized carbons (Fsp3) is 0.500. The van der Waals surface area contributed by atoms with Gasteiger partial charge in [0.1, 0.15) is 4.60 Å². The largest absolute Gasteiger partial charge is 0.374 e. The molecule has 0 spiro atoms. The van der Waals surface area contributed by atoms with Gasteiger partial charge in [-0.25, -0.2) is 4.98 Å². The number of rotatable bonds is 3. The molecule has 0 atom stereocenters. The van der Waals surface area contributed by atoms with Crippen molar-refractivity contribution in [1.29, 1.82) is 0 Å². The van der Waals surface area contributed by atoms with Crippen LogP contribution in [0.5, 0.6) is 0 Å². The fourth-order valence-corrected chi connectivity index (χ4v) is 1.74. The summed E-state index contributed by atoms with van der Waals surface area (Å²) < 4.78 is 7.33. The second-order valence-electron chi connectivity index (χ2n) is 3.37. The lowest BCUT2D eigenvalue weighted by molar-refractivity contribution is 0.0652. The summed E-state index contributed by atoms with van der Waals surface area (Å²) in [5.41, 5.74) is 2.12. The van der Waals surface area contributed by atoms with Crippen molar-refractivity contribution in [1.82, 2.24) is 4.98 Å². The van der Waals surface area contributed by atoms with Gasteiger partial charge in [0.15, 0.2) is 0 Å². The lowest BCUT2D eigenvalue weighted by Gasteiger charge is -2.10. The Kier molecular flexibility index (Phi) is 4.54. The number of aromatic nitrogens is 1. The zero-order chi connectivity index (χ0) is 10.7. The van der Waals surface area contributed by atoms with Crippen LogP contribution in [-0.4, -0.2) is 11.1 Å². The summed E-state index contributed by atoms with van der Waals surface area (Å²) in [5.74, 6) is 0. The predicted octanol–water partition coefficient (Wildman–Crippen LogP) is 3.84. The van der Waals surface area contributed by atoms with E-state index >= 15 is 0 Å². The van der Waals surface area contributed by atoms with E-state index < -0.39 is 0 Å². The SMILES string of the molecule is Cc1nc(Br)c(Br)cc1COC(C)C. The third kappa shape index (κ3) is 3.33. The Morgan fingerprint density at radius 2 is 2.07 bits per heavy atom. The zero-order valence-corrected chi connectivity index (χ0v) is 11.6. The smallest absolute Gasteiger partial charge is 0.120 e. The van der Waals surface area contributed by atoms with Crippen LogP contribution in [0.15, 0.2) is 15.1 Å². The molecular weight excluding hydrogens is 310 g/mol. The van der Waals surface area contributed by atoms with Gasteiger partial charge >= 0.3 is 0 Å². The molecule has 1 aromatic rings. The summed E-state index contributed by atoms with van der Waals surface area (Å²) in [5, 5.41) is 0. The van der Waals surface area contributed by atoms with Gasteiger partial charge in [-0.2, -0.15) is 0 Å². The lowest BCUT2D eigenvalue weighted by Crippen LogP contribution is -2.04. The number of ether oxygens (including phenoxy) is 1. The van der Waals surface area contributed by atoms with Crippen LogP contribution in [0.2, 0.25) is 0 Å². The van der Waals surface area contributed by atoms with E-state index in [0.29, 0.717) is 6.61 Å². The molecule has 0 aliphatic heterocycles. The zero-order valence-electron chi connectivity index (χ0n) is 8.47. The summed E-state index contributed by atoms with van der Waals surface area (Å²) in [4.78, 5) is 4.34. The number of nitrogens with zero attached hydrogens (tertiary/aromatic N) is 1. The Balaban J connectivity index is 2.82. The molecule has 0 aliphatic rings. The van der Waals surface area contributed by atoms with E-state index in [2.05, 4.69) is 36.8 Å². The quantitative estimate of drug-likeness (QED) is 0.789. The van der Waals surface area contributed by atoms with E-state index in [0.717, 1.165) is 20.3 Å². The van der Waals surface area contributed by atoms with Crippen molar-refractivity contribution in [3.05, 3.63) is 26.4 Å². The van der Waals surface area contributed by atoms with E-state index in [9.17, 15) is 0 Å². The molecule has 2 nitrogen and oxygen atoms in total. The molecule has 0 unspecified atom stereocenters. The first-order valence-electron chi connectivity index (χ1n) is 4.44.